The van der Waals surface area contributed by atoms with E-state index in [9.17, 15) is 4.79 Å². The van der Waals surface area contributed by atoms with Crippen LogP contribution in [0.25, 0.3) is 0 Å². The number of aromatic nitrogens is 3. The Bertz CT molecular complexity index is 558. The molecular weight excluding hydrogens is 367 g/mol. The summed E-state index contributed by atoms with van der Waals surface area (Å²) < 4.78 is 2.50. The van der Waals surface area contributed by atoms with Gasteiger partial charge in [0.2, 0.25) is 5.91 Å². The third-order valence-electron chi connectivity index (χ3n) is 2.40. The number of benzene rings is 1. The molecule has 1 heterocycles. The van der Waals surface area contributed by atoms with Crippen molar-refractivity contribution in [2.45, 2.75) is 13.0 Å². The van der Waals surface area contributed by atoms with Crippen LogP contribution >= 0.6 is 34.2 Å². The monoisotopic (exact) mass is 376 g/mol. The van der Waals surface area contributed by atoms with Crippen molar-refractivity contribution in [2.24, 2.45) is 0 Å². The van der Waals surface area contributed by atoms with Crippen molar-refractivity contribution in [3.8, 4) is 0 Å². The van der Waals surface area contributed by atoms with Gasteiger partial charge in [-0.1, -0.05) is 11.6 Å². The highest BCUT2D eigenvalue weighted by Gasteiger charge is 2.16. The molecule has 0 saturated heterocycles. The molecule has 0 aliphatic carbocycles. The van der Waals surface area contributed by atoms with Crippen LogP contribution in [-0.2, 0) is 4.79 Å². The van der Waals surface area contributed by atoms with Crippen molar-refractivity contribution >= 4 is 45.8 Å². The summed E-state index contributed by atoms with van der Waals surface area (Å²) in [7, 11) is 0. The molecule has 0 aliphatic rings. The molecule has 1 amide bonds. The van der Waals surface area contributed by atoms with Crippen LogP contribution in [0.15, 0.2) is 30.9 Å². The molecule has 2 rings (SSSR count). The summed E-state index contributed by atoms with van der Waals surface area (Å²) in [6.07, 6.45) is 2.89. The molecule has 0 aliphatic heterocycles. The number of nitrogens with zero attached hydrogens (tertiary/aromatic N) is 3. The van der Waals surface area contributed by atoms with Gasteiger partial charge >= 0.3 is 0 Å². The van der Waals surface area contributed by atoms with Gasteiger partial charge in [-0.25, -0.2) is 9.67 Å². The molecule has 1 atom stereocenters. The second-order valence-electron chi connectivity index (χ2n) is 3.66. The van der Waals surface area contributed by atoms with E-state index in [0.29, 0.717) is 10.7 Å². The van der Waals surface area contributed by atoms with Crippen molar-refractivity contribution in [3.63, 3.8) is 0 Å². The minimum absolute atomic E-state index is 0.191. The predicted molar refractivity (Wildman–Crippen MR) is 77.5 cm³/mol. The van der Waals surface area contributed by atoms with Gasteiger partial charge in [-0.2, -0.15) is 5.10 Å². The highest BCUT2D eigenvalue weighted by atomic mass is 127. The molecule has 1 aromatic carbocycles. The molecule has 7 heteroatoms. The van der Waals surface area contributed by atoms with E-state index in [4.69, 9.17) is 11.6 Å². The number of carbonyl (C=O) groups is 1. The quantitative estimate of drug-likeness (QED) is 0.838. The Hall–Kier alpha value is -1.15. The molecule has 5 nitrogen and oxygen atoms in total. The van der Waals surface area contributed by atoms with Gasteiger partial charge in [0.05, 0.1) is 10.7 Å². The molecule has 1 N–H and O–H groups in total. The lowest BCUT2D eigenvalue weighted by molar-refractivity contribution is -0.119. The Balaban J connectivity index is 2.12. The fourth-order valence-electron chi connectivity index (χ4n) is 1.37. The summed E-state index contributed by atoms with van der Waals surface area (Å²) in [5.41, 5.74) is 0.592. The first-order chi connectivity index (χ1) is 8.58. The van der Waals surface area contributed by atoms with Crippen LogP contribution in [0, 0.1) is 3.57 Å². The predicted octanol–water partition coefficient (Wildman–Crippen LogP) is 2.74. The van der Waals surface area contributed by atoms with Gasteiger partial charge in [0.25, 0.3) is 0 Å². The highest BCUT2D eigenvalue weighted by molar-refractivity contribution is 14.1. The number of hydrogen-bond donors (Lipinski definition) is 1. The van der Waals surface area contributed by atoms with Crippen LogP contribution in [0.2, 0.25) is 5.02 Å². The van der Waals surface area contributed by atoms with Gasteiger partial charge in [-0.15, -0.1) is 0 Å². The van der Waals surface area contributed by atoms with Crippen molar-refractivity contribution in [2.75, 3.05) is 5.32 Å². The van der Waals surface area contributed by atoms with Gasteiger partial charge in [-0.05, 0) is 47.7 Å². The number of anilines is 1. The summed E-state index contributed by atoms with van der Waals surface area (Å²) in [6.45, 7) is 1.74. The minimum Gasteiger partial charge on any atom is -0.323 e. The van der Waals surface area contributed by atoms with Gasteiger partial charge in [0.1, 0.15) is 18.7 Å². The van der Waals surface area contributed by atoms with Gasteiger partial charge in [0.15, 0.2) is 0 Å². The number of nitrogens with one attached hydrogen (secondary N) is 1. The van der Waals surface area contributed by atoms with Crippen LogP contribution in [-0.4, -0.2) is 20.7 Å². The first kappa shape index (κ1) is 13.3. The number of carbonyl (C=O) groups excluding carboxylic acids is 1. The molecule has 1 unspecified atom stereocenters. The third-order valence-corrected chi connectivity index (χ3v) is 3.39. The highest BCUT2D eigenvalue weighted by Crippen LogP contribution is 2.24. The van der Waals surface area contributed by atoms with E-state index in [0.717, 1.165) is 3.57 Å². The lowest BCUT2D eigenvalue weighted by atomic mass is 10.2. The molecule has 0 bridgehead atoms. The van der Waals surface area contributed by atoms with Crippen molar-refractivity contribution < 1.29 is 4.79 Å². The van der Waals surface area contributed by atoms with E-state index < -0.39 is 6.04 Å². The summed E-state index contributed by atoms with van der Waals surface area (Å²) in [5.74, 6) is -0.191. The summed E-state index contributed by atoms with van der Waals surface area (Å²) in [4.78, 5) is 15.8. The van der Waals surface area contributed by atoms with Gasteiger partial charge in [0, 0.05) is 3.57 Å². The van der Waals surface area contributed by atoms with E-state index in [2.05, 4.69) is 38.0 Å². The Labute approximate surface area is 123 Å². The van der Waals surface area contributed by atoms with E-state index in [1.54, 1.807) is 19.1 Å². The summed E-state index contributed by atoms with van der Waals surface area (Å²) in [6, 6.07) is 5.00. The summed E-state index contributed by atoms with van der Waals surface area (Å²) >= 11 is 8.21. The van der Waals surface area contributed by atoms with Crippen LogP contribution in [0.3, 0.4) is 0 Å². The molecule has 94 valence electrons. The smallest absolute Gasteiger partial charge is 0.249 e. The average Bonchev–Trinajstić information content (AvgIpc) is 2.85. The maximum absolute atomic E-state index is 12.0. The molecule has 0 radical (unpaired) electrons. The number of amides is 1. The lowest BCUT2D eigenvalue weighted by Gasteiger charge is -2.13. The van der Waals surface area contributed by atoms with Crippen molar-refractivity contribution in [1.82, 2.24) is 14.8 Å². The Morgan fingerprint density at radius 3 is 2.94 bits per heavy atom. The molecule has 2 aromatic rings. The Morgan fingerprint density at radius 1 is 1.56 bits per heavy atom. The van der Waals surface area contributed by atoms with E-state index in [-0.39, 0.29) is 5.91 Å². The minimum atomic E-state index is -0.442. The summed E-state index contributed by atoms with van der Waals surface area (Å²) in [5, 5.41) is 7.20. The SMILES string of the molecule is CC(C(=O)Nc1ccc(I)cc1Cl)n1cncn1. The number of hydrogen-bond acceptors (Lipinski definition) is 3. The molecule has 1 aromatic heterocycles. The van der Waals surface area contributed by atoms with Crippen LogP contribution in [0.1, 0.15) is 13.0 Å². The first-order valence-corrected chi connectivity index (χ1v) is 6.63. The number of rotatable bonds is 3. The Morgan fingerprint density at radius 2 is 2.33 bits per heavy atom. The van der Waals surface area contributed by atoms with E-state index in [1.165, 1.54) is 17.3 Å². The van der Waals surface area contributed by atoms with Crippen LogP contribution in [0.5, 0.6) is 0 Å². The number of halogens is 2. The van der Waals surface area contributed by atoms with Crippen LogP contribution in [0.4, 0.5) is 5.69 Å². The zero-order chi connectivity index (χ0) is 13.1. The maximum atomic E-state index is 12.0. The average molecular weight is 377 g/mol. The van der Waals surface area contributed by atoms with Gasteiger partial charge in [-0.3, -0.25) is 4.79 Å². The van der Waals surface area contributed by atoms with E-state index in [1.807, 2.05) is 6.07 Å². The standard InChI is InChI=1S/C11H10ClIN4O/c1-7(17-6-14-5-15-17)11(18)16-10-3-2-8(13)4-9(10)12/h2-7H,1H3,(H,16,18). The van der Waals surface area contributed by atoms with Crippen molar-refractivity contribution in [1.29, 1.82) is 0 Å². The molecular formula is C11H10ClIN4O. The fourth-order valence-corrected chi connectivity index (χ4v) is 2.27. The van der Waals surface area contributed by atoms with Crippen molar-refractivity contribution in [3.05, 3.63) is 39.4 Å². The third kappa shape index (κ3) is 2.99. The lowest BCUT2D eigenvalue weighted by Crippen LogP contribution is -2.24. The van der Waals surface area contributed by atoms with E-state index >= 15 is 0 Å². The molecule has 0 saturated carbocycles. The maximum Gasteiger partial charge on any atom is 0.249 e. The van der Waals surface area contributed by atoms with Crippen LogP contribution < -0.4 is 5.32 Å². The second kappa shape index (κ2) is 5.66. The zero-order valence-electron chi connectivity index (χ0n) is 9.47. The molecule has 18 heavy (non-hydrogen) atoms. The van der Waals surface area contributed by atoms with Gasteiger partial charge < -0.3 is 5.32 Å². The zero-order valence-corrected chi connectivity index (χ0v) is 12.4. The topological polar surface area (TPSA) is 59.8 Å². The normalized spacial score (nSPS) is 12.2. The molecule has 0 spiro atoms. The molecule has 0 fully saturated rings. The largest absolute Gasteiger partial charge is 0.323 e. The Kier molecular flexibility index (Phi) is 4.18. The second-order valence-corrected chi connectivity index (χ2v) is 5.32. The fraction of sp³-hybridized carbons (Fsp3) is 0.182. The first-order valence-electron chi connectivity index (χ1n) is 5.18.